The molecule has 0 aliphatic heterocycles. The molecule has 144 valence electrons. The summed E-state index contributed by atoms with van der Waals surface area (Å²) in [6.45, 7) is 0.348. The second-order valence-electron chi connectivity index (χ2n) is 6.12. The van der Waals surface area contributed by atoms with E-state index in [1.54, 1.807) is 49.1 Å². The van der Waals surface area contributed by atoms with Crippen LogP contribution >= 0.6 is 0 Å². The van der Waals surface area contributed by atoms with Crippen LogP contribution in [0.2, 0.25) is 0 Å². The molecule has 2 heterocycles. The monoisotopic (exact) mass is 396 g/mol. The topological polar surface area (TPSA) is 101 Å². The van der Waals surface area contributed by atoms with Gasteiger partial charge >= 0.3 is 6.03 Å². The first-order chi connectivity index (χ1) is 13.5. The van der Waals surface area contributed by atoms with Gasteiger partial charge in [-0.15, -0.1) is 0 Å². The van der Waals surface area contributed by atoms with Gasteiger partial charge in [-0.3, -0.25) is 9.97 Å². The largest absolute Gasteiger partial charge is 0.334 e. The van der Waals surface area contributed by atoms with Gasteiger partial charge in [-0.2, -0.15) is 0 Å². The average Bonchev–Trinajstić information content (AvgIpc) is 2.73. The smallest absolute Gasteiger partial charge is 0.319 e. The van der Waals surface area contributed by atoms with E-state index in [0.717, 1.165) is 11.1 Å². The third-order valence-corrected chi connectivity index (χ3v) is 5.76. The van der Waals surface area contributed by atoms with Crippen molar-refractivity contribution in [3.05, 3.63) is 84.4 Å². The Morgan fingerprint density at radius 3 is 2.14 bits per heavy atom. The van der Waals surface area contributed by atoms with E-state index in [1.807, 2.05) is 12.1 Å². The van der Waals surface area contributed by atoms with Crippen LogP contribution in [0.3, 0.4) is 0 Å². The Hall–Kier alpha value is -3.26. The number of hydrogen-bond acceptors (Lipinski definition) is 5. The third-order valence-electron chi connectivity index (χ3n) is 4.03. The van der Waals surface area contributed by atoms with Crippen molar-refractivity contribution in [2.24, 2.45) is 0 Å². The van der Waals surface area contributed by atoms with Crippen molar-refractivity contribution < 1.29 is 13.2 Å². The lowest BCUT2D eigenvalue weighted by molar-refractivity contribution is 0.251. The highest BCUT2D eigenvalue weighted by atomic mass is 32.2. The highest BCUT2D eigenvalue weighted by Crippen LogP contribution is 2.16. The lowest BCUT2D eigenvalue weighted by atomic mass is 10.2. The highest BCUT2D eigenvalue weighted by molar-refractivity contribution is 7.91. The Balaban J connectivity index is 1.54. The van der Waals surface area contributed by atoms with Gasteiger partial charge in [0, 0.05) is 37.0 Å². The van der Waals surface area contributed by atoms with Crippen molar-refractivity contribution in [3.63, 3.8) is 0 Å². The van der Waals surface area contributed by atoms with E-state index in [4.69, 9.17) is 0 Å². The summed E-state index contributed by atoms with van der Waals surface area (Å²) in [5.41, 5.74) is 2.26. The van der Waals surface area contributed by atoms with Crippen LogP contribution in [0.4, 0.5) is 10.5 Å². The van der Waals surface area contributed by atoms with Gasteiger partial charge in [-0.05, 0) is 53.9 Å². The van der Waals surface area contributed by atoms with Gasteiger partial charge < -0.3 is 10.6 Å². The molecule has 3 rings (SSSR count). The third kappa shape index (κ3) is 5.62. The molecule has 8 heteroatoms. The van der Waals surface area contributed by atoms with Gasteiger partial charge in [0.15, 0.2) is 9.84 Å². The minimum atomic E-state index is -3.41. The first-order valence-electron chi connectivity index (χ1n) is 8.68. The van der Waals surface area contributed by atoms with E-state index >= 15 is 0 Å². The Bertz CT molecular complexity index is 1010. The zero-order chi connectivity index (χ0) is 19.8. The predicted octanol–water partition coefficient (Wildman–Crippen LogP) is 2.81. The van der Waals surface area contributed by atoms with Gasteiger partial charge in [-0.1, -0.05) is 12.1 Å². The Kier molecular flexibility index (Phi) is 6.33. The van der Waals surface area contributed by atoms with Crippen LogP contribution in [-0.2, 0) is 22.8 Å². The van der Waals surface area contributed by atoms with Crippen LogP contribution in [0.15, 0.2) is 78.2 Å². The van der Waals surface area contributed by atoms with Crippen molar-refractivity contribution in [3.8, 4) is 0 Å². The second-order valence-corrected chi connectivity index (χ2v) is 8.23. The molecule has 0 fully saturated rings. The minimum absolute atomic E-state index is 0.00291. The molecule has 1 aromatic carbocycles. The number of anilines is 1. The summed E-state index contributed by atoms with van der Waals surface area (Å²) in [6, 6.07) is 13.0. The van der Waals surface area contributed by atoms with Gasteiger partial charge in [0.2, 0.25) is 0 Å². The standard InChI is InChI=1S/C20H20N4O3S/c25-20(23-15-17-4-2-11-22-14-17)24-18-5-7-19(8-6-18)28(26,27)12-9-16-3-1-10-21-13-16/h1-8,10-11,13-14H,9,12,15H2,(H2,23,24,25). The Morgan fingerprint density at radius 1 is 0.893 bits per heavy atom. The van der Waals surface area contributed by atoms with Crippen LogP contribution in [-0.4, -0.2) is 30.2 Å². The molecular formula is C20H20N4O3S. The Labute approximate surface area is 163 Å². The summed E-state index contributed by atoms with van der Waals surface area (Å²) in [7, 11) is -3.41. The number of nitrogens with one attached hydrogen (secondary N) is 2. The van der Waals surface area contributed by atoms with Crippen molar-refractivity contribution in [1.29, 1.82) is 0 Å². The van der Waals surface area contributed by atoms with Crippen molar-refractivity contribution in [2.75, 3.05) is 11.1 Å². The van der Waals surface area contributed by atoms with E-state index in [9.17, 15) is 13.2 Å². The maximum Gasteiger partial charge on any atom is 0.319 e. The molecule has 0 saturated heterocycles. The summed E-state index contributed by atoms with van der Waals surface area (Å²) in [4.78, 5) is 20.1. The fourth-order valence-electron chi connectivity index (χ4n) is 2.52. The summed E-state index contributed by atoms with van der Waals surface area (Å²) < 4.78 is 24.9. The number of sulfone groups is 1. The van der Waals surface area contributed by atoms with Gasteiger partial charge in [0.25, 0.3) is 0 Å². The molecule has 2 N–H and O–H groups in total. The number of carbonyl (C=O) groups is 1. The number of hydrogen-bond donors (Lipinski definition) is 2. The Morgan fingerprint density at radius 2 is 1.54 bits per heavy atom. The predicted molar refractivity (Wildman–Crippen MR) is 107 cm³/mol. The molecule has 2 amide bonds. The van der Waals surface area contributed by atoms with Crippen LogP contribution in [0, 0.1) is 0 Å². The number of aryl methyl sites for hydroxylation is 1. The van der Waals surface area contributed by atoms with Crippen molar-refractivity contribution >= 4 is 21.6 Å². The molecule has 7 nitrogen and oxygen atoms in total. The number of rotatable bonds is 7. The molecule has 0 spiro atoms. The van der Waals surface area contributed by atoms with Crippen molar-refractivity contribution in [2.45, 2.75) is 17.9 Å². The van der Waals surface area contributed by atoms with E-state index < -0.39 is 9.84 Å². The van der Waals surface area contributed by atoms with Crippen LogP contribution < -0.4 is 10.6 Å². The van der Waals surface area contributed by atoms with Gasteiger partial charge in [0.05, 0.1) is 10.6 Å². The number of amides is 2. The van der Waals surface area contributed by atoms with E-state index in [1.165, 1.54) is 12.1 Å². The van der Waals surface area contributed by atoms with Crippen LogP contribution in [0.5, 0.6) is 0 Å². The van der Waals surface area contributed by atoms with E-state index in [0.29, 0.717) is 18.7 Å². The number of benzene rings is 1. The number of aromatic nitrogens is 2. The highest BCUT2D eigenvalue weighted by Gasteiger charge is 2.14. The summed E-state index contributed by atoms with van der Waals surface area (Å²) in [5, 5.41) is 5.39. The lowest BCUT2D eigenvalue weighted by Gasteiger charge is -2.09. The molecule has 28 heavy (non-hydrogen) atoms. The minimum Gasteiger partial charge on any atom is -0.334 e. The summed E-state index contributed by atoms with van der Waals surface area (Å²) in [6.07, 6.45) is 7.04. The number of urea groups is 1. The molecule has 2 aromatic heterocycles. The van der Waals surface area contributed by atoms with Gasteiger partial charge in [-0.25, -0.2) is 13.2 Å². The number of carbonyl (C=O) groups excluding carboxylic acids is 1. The lowest BCUT2D eigenvalue weighted by Crippen LogP contribution is -2.28. The first kappa shape index (κ1) is 19.5. The molecule has 0 radical (unpaired) electrons. The fraction of sp³-hybridized carbons (Fsp3) is 0.150. The molecule has 0 bridgehead atoms. The van der Waals surface area contributed by atoms with E-state index in [2.05, 4.69) is 20.6 Å². The zero-order valence-corrected chi connectivity index (χ0v) is 15.9. The quantitative estimate of drug-likeness (QED) is 0.639. The van der Waals surface area contributed by atoms with Gasteiger partial charge in [0.1, 0.15) is 0 Å². The van der Waals surface area contributed by atoms with Crippen molar-refractivity contribution in [1.82, 2.24) is 15.3 Å². The normalized spacial score (nSPS) is 11.0. The summed E-state index contributed by atoms with van der Waals surface area (Å²) in [5.74, 6) is -0.00291. The van der Waals surface area contributed by atoms with Crippen LogP contribution in [0.1, 0.15) is 11.1 Å². The first-order valence-corrected chi connectivity index (χ1v) is 10.3. The fourth-order valence-corrected chi connectivity index (χ4v) is 3.81. The second kappa shape index (κ2) is 9.09. The maximum atomic E-state index is 12.5. The molecule has 0 unspecified atom stereocenters. The number of nitrogens with zero attached hydrogens (tertiary/aromatic N) is 2. The molecular weight excluding hydrogens is 376 g/mol. The van der Waals surface area contributed by atoms with Crippen LogP contribution in [0.25, 0.3) is 0 Å². The SMILES string of the molecule is O=C(NCc1cccnc1)Nc1ccc(S(=O)(=O)CCc2cccnc2)cc1. The molecule has 0 aliphatic rings. The number of pyridine rings is 2. The maximum absolute atomic E-state index is 12.5. The average molecular weight is 396 g/mol. The zero-order valence-electron chi connectivity index (χ0n) is 15.1. The molecule has 0 atom stereocenters. The molecule has 3 aromatic rings. The molecule has 0 aliphatic carbocycles. The summed E-state index contributed by atoms with van der Waals surface area (Å²) >= 11 is 0. The van der Waals surface area contributed by atoms with E-state index in [-0.39, 0.29) is 16.7 Å². The molecule has 0 saturated carbocycles.